The van der Waals surface area contributed by atoms with Crippen LogP contribution in [0, 0.1) is 6.92 Å². The van der Waals surface area contributed by atoms with Crippen molar-refractivity contribution in [3.63, 3.8) is 0 Å². The maximum atomic E-state index is 13.2. The molecule has 0 aliphatic carbocycles. The second kappa shape index (κ2) is 9.22. The highest BCUT2D eigenvalue weighted by Gasteiger charge is 2.27. The molecular weight excluding hydrogens is 408 g/mol. The number of halogens is 1. The monoisotopic (exact) mass is 428 g/mol. The third kappa shape index (κ3) is 5.67. The van der Waals surface area contributed by atoms with Crippen LogP contribution in [0.4, 0.5) is 5.69 Å². The molecule has 3 rings (SSSR count). The average molecular weight is 429 g/mol. The second-order valence-electron chi connectivity index (χ2n) is 6.63. The molecule has 0 spiro atoms. The van der Waals surface area contributed by atoms with E-state index in [0.717, 1.165) is 11.1 Å². The number of benzene rings is 3. The van der Waals surface area contributed by atoms with Crippen LogP contribution in [0.15, 0.2) is 83.8 Å². The van der Waals surface area contributed by atoms with Gasteiger partial charge in [0.25, 0.3) is 0 Å². The number of sulfonamides is 1. The Kier molecular flexibility index (Phi) is 6.69. The molecular formula is C22H21ClN2O3S. The normalized spacial score (nSPS) is 11.4. The zero-order valence-corrected chi connectivity index (χ0v) is 17.5. The predicted molar refractivity (Wildman–Crippen MR) is 115 cm³/mol. The smallest absolute Gasteiger partial charge is 0.243 e. The number of carbonyl (C=O) groups excluding carboxylic acids is 1. The number of nitrogens with zero attached hydrogens (tertiary/aromatic N) is 1. The number of hydrogen-bond acceptors (Lipinski definition) is 3. The number of aryl methyl sites for hydroxylation is 1. The van der Waals surface area contributed by atoms with Gasteiger partial charge >= 0.3 is 0 Å². The first-order valence-electron chi connectivity index (χ1n) is 9.01. The topological polar surface area (TPSA) is 66.5 Å². The maximum Gasteiger partial charge on any atom is 0.243 e. The van der Waals surface area contributed by atoms with Gasteiger partial charge in [-0.25, -0.2) is 8.42 Å². The highest BCUT2D eigenvalue weighted by atomic mass is 35.5. The molecule has 1 amide bonds. The lowest BCUT2D eigenvalue weighted by atomic mass is 10.2. The summed E-state index contributed by atoms with van der Waals surface area (Å²) in [5.41, 5.74) is 2.30. The van der Waals surface area contributed by atoms with Crippen molar-refractivity contribution in [2.75, 3.05) is 11.9 Å². The summed E-state index contributed by atoms with van der Waals surface area (Å²) in [4.78, 5) is 12.7. The number of amides is 1. The molecule has 0 saturated heterocycles. The molecule has 29 heavy (non-hydrogen) atoms. The molecule has 0 radical (unpaired) electrons. The van der Waals surface area contributed by atoms with Crippen molar-refractivity contribution in [1.82, 2.24) is 4.31 Å². The van der Waals surface area contributed by atoms with Crippen molar-refractivity contribution in [3.8, 4) is 0 Å². The highest BCUT2D eigenvalue weighted by Crippen LogP contribution is 2.20. The van der Waals surface area contributed by atoms with Gasteiger partial charge in [0.05, 0.1) is 11.4 Å². The quantitative estimate of drug-likeness (QED) is 0.603. The number of hydrogen-bond donors (Lipinski definition) is 1. The van der Waals surface area contributed by atoms with E-state index in [2.05, 4.69) is 5.32 Å². The molecule has 0 bridgehead atoms. The van der Waals surface area contributed by atoms with Gasteiger partial charge in [0.15, 0.2) is 0 Å². The summed E-state index contributed by atoms with van der Waals surface area (Å²) in [6.45, 7) is 1.62. The first-order valence-corrected chi connectivity index (χ1v) is 10.8. The van der Waals surface area contributed by atoms with E-state index in [9.17, 15) is 13.2 Å². The fourth-order valence-corrected chi connectivity index (χ4v) is 4.27. The van der Waals surface area contributed by atoms with Crippen LogP contribution in [-0.4, -0.2) is 25.2 Å². The molecule has 0 aliphatic heterocycles. The minimum Gasteiger partial charge on any atom is -0.325 e. The van der Waals surface area contributed by atoms with Gasteiger partial charge in [-0.15, -0.1) is 0 Å². The molecule has 1 N–H and O–H groups in total. The predicted octanol–water partition coefficient (Wildman–Crippen LogP) is 4.48. The van der Waals surface area contributed by atoms with Gasteiger partial charge in [-0.3, -0.25) is 4.79 Å². The minimum atomic E-state index is -3.87. The summed E-state index contributed by atoms with van der Waals surface area (Å²) in [6.07, 6.45) is 0. The molecule has 0 aliphatic rings. The van der Waals surface area contributed by atoms with Gasteiger partial charge in [0.1, 0.15) is 0 Å². The zero-order valence-electron chi connectivity index (χ0n) is 15.9. The van der Waals surface area contributed by atoms with Crippen LogP contribution in [0.3, 0.4) is 0 Å². The lowest BCUT2D eigenvalue weighted by Gasteiger charge is -2.22. The number of rotatable bonds is 7. The number of para-hydroxylation sites is 1. The Morgan fingerprint density at radius 3 is 2.17 bits per heavy atom. The van der Waals surface area contributed by atoms with E-state index in [4.69, 9.17) is 11.6 Å². The van der Waals surface area contributed by atoms with Crippen LogP contribution in [0.1, 0.15) is 11.1 Å². The molecule has 3 aromatic rings. The van der Waals surface area contributed by atoms with E-state index in [1.54, 1.807) is 72.8 Å². The van der Waals surface area contributed by atoms with E-state index in [1.165, 1.54) is 4.31 Å². The largest absolute Gasteiger partial charge is 0.325 e. The summed E-state index contributed by atoms with van der Waals surface area (Å²) >= 11 is 5.93. The van der Waals surface area contributed by atoms with Crippen LogP contribution >= 0.6 is 11.6 Å². The Morgan fingerprint density at radius 1 is 0.931 bits per heavy atom. The molecule has 0 unspecified atom stereocenters. The van der Waals surface area contributed by atoms with Crippen LogP contribution in [-0.2, 0) is 21.4 Å². The third-order valence-corrected chi connectivity index (χ3v) is 6.37. The second-order valence-corrected chi connectivity index (χ2v) is 9.00. The Morgan fingerprint density at radius 2 is 1.55 bits per heavy atom. The highest BCUT2D eigenvalue weighted by molar-refractivity contribution is 7.89. The minimum absolute atomic E-state index is 0.0512. The van der Waals surface area contributed by atoms with Gasteiger partial charge in [-0.05, 0) is 48.9 Å². The number of anilines is 1. The number of carbonyl (C=O) groups is 1. The van der Waals surface area contributed by atoms with Gasteiger partial charge in [0, 0.05) is 17.3 Å². The first-order chi connectivity index (χ1) is 13.8. The van der Waals surface area contributed by atoms with Gasteiger partial charge in [0.2, 0.25) is 15.9 Å². The average Bonchev–Trinajstić information content (AvgIpc) is 2.70. The fraction of sp³-hybridized carbons (Fsp3) is 0.136. The molecule has 0 heterocycles. The van der Waals surface area contributed by atoms with E-state index in [1.807, 2.05) is 13.0 Å². The number of nitrogens with one attached hydrogen (secondary N) is 1. The van der Waals surface area contributed by atoms with E-state index < -0.39 is 15.9 Å². The Labute approximate surface area is 176 Å². The Hall–Kier alpha value is -2.67. The molecule has 0 atom stereocenters. The summed E-state index contributed by atoms with van der Waals surface area (Å²) in [6, 6.07) is 22.4. The molecule has 3 aromatic carbocycles. The SMILES string of the molecule is Cc1ccc(S(=O)(=O)N(CC(=O)Nc2ccccc2)Cc2ccc(Cl)cc2)cc1. The molecule has 0 aromatic heterocycles. The molecule has 0 fully saturated rings. The van der Waals surface area contributed by atoms with Gasteiger partial charge < -0.3 is 5.32 Å². The molecule has 7 heteroatoms. The van der Waals surface area contributed by atoms with E-state index in [-0.39, 0.29) is 18.0 Å². The maximum absolute atomic E-state index is 13.2. The Bertz CT molecular complexity index is 1070. The molecule has 5 nitrogen and oxygen atoms in total. The summed E-state index contributed by atoms with van der Waals surface area (Å²) in [7, 11) is -3.87. The first kappa shape index (κ1) is 21.0. The van der Waals surface area contributed by atoms with Crippen molar-refractivity contribution in [1.29, 1.82) is 0 Å². The van der Waals surface area contributed by atoms with Crippen LogP contribution in [0.2, 0.25) is 5.02 Å². The van der Waals surface area contributed by atoms with Gasteiger partial charge in [-0.2, -0.15) is 4.31 Å². The summed E-state index contributed by atoms with van der Waals surface area (Å²) < 4.78 is 27.6. The molecule has 0 saturated carbocycles. The molecule has 150 valence electrons. The van der Waals surface area contributed by atoms with E-state index in [0.29, 0.717) is 10.7 Å². The lowest BCUT2D eigenvalue weighted by Crippen LogP contribution is -2.37. The van der Waals surface area contributed by atoms with Crippen molar-refractivity contribution in [2.45, 2.75) is 18.4 Å². The standard InChI is InChI=1S/C22H21ClN2O3S/c1-17-7-13-21(14-8-17)29(27,28)25(15-18-9-11-19(23)12-10-18)16-22(26)24-20-5-3-2-4-6-20/h2-14H,15-16H2,1H3,(H,24,26). The van der Waals surface area contributed by atoms with Crippen molar-refractivity contribution in [3.05, 3.63) is 95.0 Å². The summed E-state index contributed by atoms with van der Waals surface area (Å²) in [5.74, 6) is -0.416. The van der Waals surface area contributed by atoms with Crippen LogP contribution in [0.25, 0.3) is 0 Å². The van der Waals surface area contributed by atoms with Crippen LogP contribution in [0.5, 0.6) is 0 Å². The zero-order chi connectivity index (χ0) is 20.9. The van der Waals surface area contributed by atoms with Crippen LogP contribution < -0.4 is 5.32 Å². The fourth-order valence-electron chi connectivity index (χ4n) is 2.76. The Balaban J connectivity index is 1.87. The van der Waals surface area contributed by atoms with E-state index >= 15 is 0 Å². The van der Waals surface area contributed by atoms with Gasteiger partial charge in [-0.1, -0.05) is 59.6 Å². The van der Waals surface area contributed by atoms with Crippen molar-refractivity contribution >= 4 is 33.2 Å². The van der Waals surface area contributed by atoms with Crippen molar-refractivity contribution < 1.29 is 13.2 Å². The van der Waals surface area contributed by atoms with Crippen molar-refractivity contribution in [2.24, 2.45) is 0 Å². The lowest BCUT2D eigenvalue weighted by molar-refractivity contribution is -0.116. The third-order valence-electron chi connectivity index (χ3n) is 4.31. The summed E-state index contributed by atoms with van der Waals surface area (Å²) in [5, 5.41) is 3.29.